The zero-order valence-electron chi connectivity index (χ0n) is 10.1. The van der Waals surface area contributed by atoms with Gasteiger partial charge in [0.15, 0.2) is 0 Å². The Hall–Kier alpha value is -1.97. The highest BCUT2D eigenvalue weighted by Gasteiger charge is 1.98. The fraction of sp³-hybridized carbons (Fsp3) is 0.308. The number of aromatic nitrogens is 2. The first-order valence-electron chi connectivity index (χ1n) is 5.55. The summed E-state index contributed by atoms with van der Waals surface area (Å²) in [6.07, 6.45) is 1.95. The van der Waals surface area contributed by atoms with E-state index in [1.54, 1.807) is 7.11 Å². The van der Waals surface area contributed by atoms with Crippen LogP contribution in [-0.4, -0.2) is 23.5 Å². The molecule has 0 saturated heterocycles. The standard InChI is InChI=1S/C13H16N2O2/c1-11-6-7-15(14-11)8-9-17-13-5-3-4-12(10-13)16-2/h3-7,10H,8-9H2,1-2H3. The molecule has 4 nitrogen and oxygen atoms in total. The minimum absolute atomic E-state index is 0.592. The molecule has 17 heavy (non-hydrogen) atoms. The first kappa shape index (κ1) is 11.5. The van der Waals surface area contributed by atoms with E-state index in [4.69, 9.17) is 9.47 Å². The molecule has 0 spiro atoms. The average molecular weight is 232 g/mol. The summed E-state index contributed by atoms with van der Waals surface area (Å²) in [5, 5.41) is 4.29. The van der Waals surface area contributed by atoms with Gasteiger partial charge >= 0.3 is 0 Å². The molecule has 90 valence electrons. The van der Waals surface area contributed by atoms with E-state index in [2.05, 4.69) is 5.10 Å². The Bertz CT molecular complexity index is 480. The minimum atomic E-state index is 0.592. The molecule has 0 saturated carbocycles. The third-order valence-electron chi connectivity index (χ3n) is 2.40. The average Bonchev–Trinajstić information content (AvgIpc) is 2.75. The molecule has 0 radical (unpaired) electrons. The van der Waals surface area contributed by atoms with Crippen molar-refractivity contribution in [2.75, 3.05) is 13.7 Å². The van der Waals surface area contributed by atoms with Gasteiger partial charge in [0, 0.05) is 12.3 Å². The molecule has 1 aromatic heterocycles. The van der Waals surface area contributed by atoms with Crippen LogP contribution in [-0.2, 0) is 6.54 Å². The number of aryl methyl sites for hydroxylation is 1. The Kier molecular flexibility index (Phi) is 3.65. The number of hydrogen-bond acceptors (Lipinski definition) is 3. The van der Waals surface area contributed by atoms with Crippen molar-refractivity contribution in [3.63, 3.8) is 0 Å². The van der Waals surface area contributed by atoms with Crippen LogP contribution in [0.4, 0.5) is 0 Å². The number of hydrogen-bond donors (Lipinski definition) is 0. The van der Waals surface area contributed by atoms with Crippen LogP contribution in [0, 0.1) is 6.92 Å². The van der Waals surface area contributed by atoms with Crippen LogP contribution in [0.5, 0.6) is 11.5 Å². The summed E-state index contributed by atoms with van der Waals surface area (Å²) in [6.45, 7) is 3.30. The fourth-order valence-electron chi connectivity index (χ4n) is 1.54. The first-order chi connectivity index (χ1) is 8.28. The van der Waals surface area contributed by atoms with E-state index in [1.165, 1.54) is 0 Å². The molecule has 0 atom stereocenters. The van der Waals surface area contributed by atoms with Gasteiger partial charge in [-0.25, -0.2) is 0 Å². The van der Waals surface area contributed by atoms with Gasteiger partial charge < -0.3 is 9.47 Å². The van der Waals surface area contributed by atoms with Crippen molar-refractivity contribution in [3.05, 3.63) is 42.2 Å². The molecule has 0 aliphatic rings. The molecule has 0 aliphatic heterocycles. The van der Waals surface area contributed by atoms with Crippen LogP contribution < -0.4 is 9.47 Å². The third kappa shape index (κ3) is 3.24. The number of benzene rings is 1. The summed E-state index contributed by atoms with van der Waals surface area (Å²) < 4.78 is 12.6. The molecule has 0 unspecified atom stereocenters. The second-order valence-corrected chi connectivity index (χ2v) is 3.75. The van der Waals surface area contributed by atoms with Gasteiger partial charge in [-0.3, -0.25) is 4.68 Å². The Labute approximate surface area is 101 Å². The third-order valence-corrected chi connectivity index (χ3v) is 2.40. The predicted octanol–water partition coefficient (Wildman–Crippen LogP) is 2.28. The molecule has 2 rings (SSSR count). The largest absolute Gasteiger partial charge is 0.497 e. The lowest BCUT2D eigenvalue weighted by Gasteiger charge is -2.07. The van der Waals surface area contributed by atoms with E-state index in [9.17, 15) is 0 Å². The highest BCUT2D eigenvalue weighted by Crippen LogP contribution is 2.18. The summed E-state index contributed by atoms with van der Waals surface area (Å²) in [5.41, 5.74) is 1.02. The molecule has 0 bridgehead atoms. The van der Waals surface area contributed by atoms with Crippen molar-refractivity contribution in [3.8, 4) is 11.5 Å². The van der Waals surface area contributed by atoms with Crippen LogP contribution in [0.3, 0.4) is 0 Å². The van der Waals surface area contributed by atoms with Crippen LogP contribution in [0.1, 0.15) is 5.69 Å². The lowest BCUT2D eigenvalue weighted by atomic mass is 10.3. The summed E-state index contributed by atoms with van der Waals surface area (Å²) >= 11 is 0. The molecule has 0 aliphatic carbocycles. The molecule has 0 N–H and O–H groups in total. The number of rotatable bonds is 5. The van der Waals surface area contributed by atoms with E-state index in [-0.39, 0.29) is 0 Å². The predicted molar refractivity (Wildman–Crippen MR) is 65.5 cm³/mol. The zero-order chi connectivity index (χ0) is 12.1. The molecular formula is C13H16N2O2. The highest BCUT2D eigenvalue weighted by molar-refractivity contribution is 5.32. The van der Waals surface area contributed by atoms with Crippen molar-refractivity contribution in [2.45, 2.75) is 13.5 Å². The quantitative estimate of drug-likeness (QED) is 0.793. The van der Waals surface area contributed by atoms with Gasteiger partial charge in [0.1, 0.15) is 18.1 Å². The number of methoxy groups -OCH3 is 1. The van der Waals surface area contributed by atoms with Gasteiger partial charge in [-0.2, -0.15) is 5.10 Å². The lowest BCUT2D eigenvalue weighted by molar-refractivity contribution is 0.289. The summed E-state index contributed by atoms with van der Waals surface area (Å²) in [6, 6.07) is 9.56. The monoisotopic (exact) mass is 232 g/mol. The SMILES string of the molecule is COc1cccc(OCCn2ccc(C)n2)c1. The van der Waals surface area contributed by atoms with E-state index >= 15 is 0 Å². The van der Waals surface area contributed by atoms with Crippen LogP contribution >= 0.6 is 0 Å². The van der Waals surface area contributed by atoms with Crippen molar-refractivity contribution in [2.24, 2.45) is 0 Å². The zero-order valence-corrected chi connectivity index (χ0v) is 10.1. The van der Waals surface area contributed by atoms with Gasteiger partial charge in [-0.05, 0) is 25.1 Å². The maximum absolute atomic E-state index is 5.62. The minimum Gasteiger partial charge on any atom is -0.497 e. The van der Waals surface area contributed by atoms with Gasteiger partial charge in [-0.1, -0.05) is 6.07 Å². The Balaban J connectivity index is 1.85. The van der Waals surface area contributed by atoms with Gasteiger partial charge in [0.05, 0.1) is 19.3 Å². The topological polar surface area (TPSA) is 36.3 Å². The maximum Gasteiger partial charge on any atom is 0.123 e. The first-order valence-corrected chi connectivity index (χ1v) is 5.55. The highest BCUT2D eigenvalue weighted by atomic mass is 16.5. The van der Waals surface area contributed by atoms with E-state index in [1.807, 2.05) is 48.1 Å². The van der Waals surface area contributed by atoms with Crippen molar-refractivity contribution in [1.29, 1.82) is 0 Å². The summed E-state index contributed by atoms with van der Waals surface area (Å²) in [7, 11) is 1.64. The van der Waals surface area contributed by atoms with Crippen molar-refractivity contribution >= 4 is 0 Å². The van der Waals surface area contributed by atoms with Crippen LogP contribution in [0.25, 0.3) is 0 Å². The van der Waals surface area contributed by atoms with E-state index in [0.717, 1.165) is 23.7 Å². The van der Waals surface area contributed by atoms with Crippen molar-refractivity contribution < 1.29 is 9.47 Å². The number of nitrogens with zero attached hydrogens (tertiary/aromatic N) is 2. The van der Waals surface area contributed by atoms with Gasteiger partial charge in [0.25, 0.3) is 0 Å². The van der Waals surface area contributed by atoms with E-state index < -0.39 is 0 Å². The second-order valence-electron chi connectivity index (χ2n) is 3.75. The fourth-order valence-corrected chi connectivity index (χ4v) is 1.54. The lowest BCUT2D eigenvalue weighted by Crippen LogP contribution is -2.08. The Morgan fingerprint density at radius 2 is 2.06 bits per heavy atom. The molecular weight excluding hydrogens is 216 g/mol. The maximum atomic E-state index is 5.62. The van der Waals surface area contributed by atoms with E-state index in [0.29, 0.717) is 6.61 Å². The van der Waals surface area contributed by atoms with Gasteiger partial charge in [-0.15, -0.1) is 0 Å². The molecule has 2 aromatic rings. The molecule has 1 aromatic carbocycles. The molecule has 1 heterocycles. The number of ether oxygens (including phenoxy) is 2. The summed E-state index contributed by atoms with van der Waals surface area (Å²) in [4.78, 5) is 0. The molecule has 0 amide bonds. The van der Waals surface area contributed by atoms with Crippen LogP contribution in [0.15, 0.2) is 36.5 Å². The van der Waals surface area contributed by atoms with Crippen molar-refractivity contribution in [1.82, 2.24) is 9.78 Å². The van der Waals surface area contributed by atoms with Gasteiger partial charge in [0.2, 0.25) is 0 Å². The summed E-state index contributed by atoms with van der Waals surface area (Å²) in [5.74, 6) is 1.62. The molecule has 4 heteroatoms. The second kappa shape index (κ2) is 5.39. The normalized spacial score (nSPS) is 10.2. The Morgan fingerprint density at radius 1 is 1.24 bits per heavy atom. The Morgan fingerprint density at radius 3 is 2.76 bits per heavy atom. The smallest absolute Gasteiger partial charge is 0.123 e. The molecule has 0 fully saturated rings. The van der Waals surface area contributed by atoms with Crippen LogP contribution in [0.2, 0.25) is 0 Å².